The van der Waals surface area contributed by atoms with Gasteiger partial charge in [0.1, 0.15) is 0 Å². The van der Waals surface area contributed by atoms with Crippen LogP contribution >= 0.6 is 0 Å². The molecular formula is C11H26OSi2. The summed E-state index contributed by atoms with van der Waals surface area (Å²) in [4.78, 5) is 0. The average molecular weight is 230 g/mol. The largest absolute Gasteiger partial charge is 0.414 e. The van der Waals surface area contributed by atoms with Crippen molar-refractivity contribution in [2.75, 3.05) is 6.61 Å². The van der Waals surface area contributed by atoms with Crippen LogP contribution in [0, 0.1) is 0 Å². The van der Waals surface area contributed by atoms with E-state index in [1.54, 1.807) is 0 Å². The van der Waals surface area contributed by atoms with Gasteiger partial charge in [-0.2, -0.15) is 0 Å². The van der Waals surface area contributed by atoms with E-state index in [0.717, 1.165) is 6.61 Å². The van der Waals surface area contributed by atoms with Crippen molar-refractivity contribution in [2.24, 2.45) is 0 Å². The third-order valence-corrected chi connectivity index (χ3v) is 7.52. The maximum Gasteiger partial charge on any atom is 0.213 e. The molecule has 0 N–H and O–H groups in total. The van der Waals surface area contributed by atoms with E-state index in [-0.39, 0.29) is 0 Å². The van der Waals surface area contributed by atoms with Crippen molar-refractivity contribution >= 4 is 16.4 Å². The first-order valence-corrected chi connectivity index (χ1v) is 12.0. The summed E-state index contributed by atoms with van der Waals surface area (Å²) in [6, 6.07) is 2.66. The van der Waals surface area contributed by atoms with Crippen LogP contribution in [0.2, 0.25) is 38.3 Å². The minimum absolute atomic E-state index is 0.835. The Balaban J connectivity index is 3.90. The fraction of sp³-hybridized carbons (Fsp3) is 0.818. The van der Waals surface area contributed by atoms with E-state index in [9.17, 15) is 0 Å². The van der Waals surface area contributed by atoms with Crippen molar-refractivity contribution in [1.29, 1.82) is 0 Å². The van der Waals surface area contributed by atoms with Crippen LogP contribution in [-0.2, 0) is 4.43 Å². The lowest BCUT2D eigenvalue weighted by atomic mass is 10.6. The molecular weight excluding hydrogens is 204 g/mol. The second kappa shape index (κ2) is 5.88. The monoisotopic (exact) mass is 230 g/mol. The van der Waals surface area contributed by atoms with E-state index in [4.69, 9.17) is 4.43 Å². The van der Waals surface area contributed by atoms with E-state index < -0.39 is 16.4 Å². The van der Waals surface area contributed by atoms with Crippen LogP contribution in [0.1, 0.15) is 13.3 Å². The van der Waals surface area contributed by atoms with Gasteiger partial charge in [-0.25, -0.2) is 0 Å². The number of hydrogen-bond donors (Lipinski definition) is 0. The van der Waals surface area contributed by atoms with E-state index >= 15 is 0 Å². The molecule has 1 unspecified atom stereocenters. The van der Waals surface area contributed by atoms with Crippen LogP contribution in [0.15, 0.2) is 12.3 Å². The summed E-state index contributed by atoms with van der Waals surface area (Å²) in [6.45, 7) is 16.4. The summed E-state index contributed by atoms with van der Waals surface area (Å²) in [6.07, 6.45) is 1.32. The molecule has 84 valence electrons. The van der Waals surface area contributed by atoms with Crippen LogP contribution in [0.5, 0.6) is 0 Å². The Kier molecular flexibility index (Phi) is 5.94. The lowest BCUT2D eigenvalue weighted by Crippen LogP contribution is -2.32. The molecule has 0 aliphatic rings. The zero-order valence-electron chi connectivity index (χ0n) is 10.5. The molecule has 0 bridgehead atoms. The topological polar surface area (TPSA) is 9.23 Å². The van der Waals surface area contributed by atoms with Crippen LogP contribution < -0.4 is 0 Å². The standard InChI is InChI=1S/C11H26OSi2/c1-7-12-14(6,8-2)11-9-10-13(3,4)5/h8H,2,7,9-11H2,1,3-6H3. The van der Waals surface area contributed by atoms with Gasteiger partial charge < -0.3 is 4.43 Å². The lowest BCUT2D eigenvalue weighted by Gasteiger charge is -2.24. The molecule has 0 rings (SSSR count). The molecule has 0 saturated carbocycles. The summed E-state index contributed by atoms with van der Waals surface area (Å²) in [5.74, 6) is 0. The first-order valence-electron chi connectivity index (χ1n) is 5.60. The Morgan fingerprint density at radius 3 is 2.07 bits per heavy atom. The minimum atomic E-state index is -1.54. The molecule has 0 aromatic heterocycles. The van der Waals surface area contributed by atoms with Crippen LogP contribution in [0.25, 0.3) is 0 Å². The van der Waals surface area contributed by atoms with Gasteiger partial charge in [-0.05, 0) is 19.5 Å². The zero-order chi connectivity index (χ0) is 11.2. The summed E-state index contributed by atoms with van der Waals surface area (Å²) in [7, 11) is -2.40. The van der Waals surface area contributed by atoms with Gasteiger partial charge in [0.2, 0.25) is 8.32 Å². The molecule has 0 amide bonds. The first-order chi connectivity index (χ1) is 6.33. The first kappa shape index (κ1) is 14.1. The third kappa shape index (κ3) is 6.57. The zero-order valence-corrected chi connectivity index (χ0v) is 12.5. The van der Waals surface area contributed by atoms with Gasteiger partial charge in [0, 0.05) is 14.7 Å². The van der Waals surface area contributed by atoms with E-state index in [1.165, 1.54) is 18.5 Å². The third-order valence-electron chi connectivity index (χ3n) is 2.51. The second-order valence-corrected chi connectivity index (χ2v) is 14.8. The van der Waals surface area contributed by atoms with Gasteiger partial charge in [0.15, 0.2) is 0 Å². The maximum atomic E-state index is 5.83. The number of rotatable bonds is 7. The normalized spacial score (nSPS) is 16.4. The molecule has 0 aliphatic heterocycles. The van der Waals surface area contributed by atoms with E-state index in [1.807, 2.05) is 0 Å². The lowest BCUT2D eigenvalue weighted by molar-refractivity contribution is 0.332. The molecule has 0 fully saturated rings. The van der Waals surface area contributed by atoms with E-state index in [2.05, 4.69) is 45.4 Å². The van der Waals surface area contributed by atoms with Gasteiger partial charge in [0.05, 0.1) is 0 Å². The predicted molar refractivity (Wildman–Crippen MR) is 71.0 cm³/mol. The fourth-order valence-electron chi connectivity index (χ4n) is 1.53. The van der Waals surface area contributed by atoms with Crippen LogP contribution in [0.4, 0.5) is 0 Å². The van der Waals surface area contributed by atoms with Crippen molar-refractivity contribution in [3.8, 4) is 0 Å². The van der Waals surface area contributed by atoms with Gasteiger partial charge in [-0.1, -0.05) is 37.8 Å². The van der Waals surface area contributed by atoms with Gasteiger partial charge >= 0.3 is 0 Å². The van der Waals surface area contributed by atoms with Gasteiger partial charge in [-0.15, -0.1) is 6.58 Å². The molecule has 1 nitrogen and oxygen atoms in total. The van der Waals surface area contributed by atoms with Crippen LogP contribution in [0.3, 0.4) is 0 Å². The minimum Gasteiger partial charge on any atom is -0.414 e. The SMILES string of the molecule is C=C[Si](C)(CCC[Si](C)(C)C)OCC. The molecule has 3 heteroatoms. The molecule has 1 atom stereocenters. The predicted octanol–water partition coefficient (Wildman–Crippen LogP) is 4.05. The smallest absolute Gasteiger partial charge is 0.213 e. The Labute approximate surface area is 91.7 Å². The summed E-state index contributed by atoms with van der Waals surface area (Å²) in [5.41, 5.74) is 2.08. The molecule has 0 spiro atoms. The Hall–Kier alpha value is 0.134. The summed E-state index contributed by atoms with van der Waals surface area (Å²) < 4.78 is 5.83. The summed E-state index contributed by atoms with van der Waals surface area (Å²) in [5, 5.41) is 0. The van der Waals surface area contributed by atoms with Crippen molar-refractivity contribution in [2.45, 2.75) is 51.6 Å². The molecule has 0 radical (unpaired) electrons. The molecule has 0 aliphatic carbocycles. The van der Waals surface area contributed by atoms with Gasteiger partial charge in [-0.3, -0.25) is 0 Å². The molecule has 0 saturated heterocycles. The highest BCUT2D eigenvalue weighted by molar-refractivity contribution is 6.78. The van der Waals surface area contributed by atoms with Crippen LogP contribution in [-0.4, -0.2) is 23.0 Å². The Morgan fingerprint density at radius 2 is 1.71 bits per heavy atom. The van der Waals surface area contributed by atoms with E-state index in [0.29, 0.717) is 0 Å². The highest BCUT2D eigenvalue weighted by atomic mass is 28.4. The Morgan fingerprint density at radius 1 is 1.14 bits per heavy atom. The van der Waals surface area contributed by atoms with Crippen molar-refractivity contribution in [3.05, 3.63) is 12.3 Å². The Bertz CT molecular complexity index is 175. The molecule has 0 heterocycles. The summed E-state index contributed by atoms with van der Waals surface area (Å²) >= 11 is 0. The molecule has 0 aromatic rings. The average Bonchev–Trinajstić information content (AvgIpc) is 2.02. The molecule has 14 heavy (non-hydrogen) atoms. The molecule has 0 aromatic carbocycles. The van der Waals surface area contributed by atoms with Gasteiger partial charge in [0.25, 0.3) is 0 Å². The van der Waals surface area contributed by atoms with Crippen molar-refractivity contribution in [3.63, 3.8) is 0 Å². The quantitative estimate of drug-likeness (QED) is 0.600. The number of hydrogen-bond acceptors (Lipinski definition) is 1. The maximum absolute atomic E-state index is 5.83. The van der Waals surface area contributed by atoms with Crippen molar-refractivity contribution in [1.82, 2.24) is 0 Å². The fourth-order valence-corrected chi connectivity index (χ4v) is 5.13. The highest BCUT2D eigenvalue weighted by Crippen LogP contribution is 2.20. The second-order valence-electron chi connectivity index (χ2n) is 5.36. The highest BCUT2D eigenvalue weighted by Gasteiger charge is 2.25. The van der Waals surface area contributed by atoms with Crippen molar-refractivity contribution < 1.29 is 4.43 Å².